The molecule has 44 heavy (non-hydrogen) atoms. The van der Waals surface area contributed by atoms with Gasteiger partial charge >= 0.3 is 18.3 Å². The second kappa shape index (κ2) is 16.7. The van der Waals surface area contributed by atoms with Crippen molar-refractivity contribution in [1.82, 2.24) is 19.6 Å². The highest BCUT2D eigenvalue weighted by molar-refractivity contribution is 9.08. The zero-order valence-corrected chi connectivity index (χ0v) is 30.0. The molecule has 1 aromatic rings. The van der Waals surface area contributed by atoms with E-state index in [0.29, 0.717) is 65.2 Å². The molecule has 0 unspecified atom stereocenters. The summed E-state index contributed by atoms with van der Waals surface area (Å²) < 4.78 is 17.2. The van der Waals surface area contributed by atoms with Crippen LogP contribution in [0.3, 0.4) is 0 Å². The molecule has 3 amide bonds. The predicted molar refractivity (Wildman–Crippen MR) is 177 cm³/mol. The van der Waals surface area contributed by atoms with E-state index in [1.807, 2.05) is 62.3 Å². The number of amides is 3. The van der Waals surface area contributed by atoms with Gasteiger partial charge < -0.3 is 28.9 Å². The molecule has 11 heteroatoms. The average molecular weight is 684 g/mol. The van der Waals surface area contributed by atoms with Crippen LogP contribution < -0.4 is 0 Å². The molecule has 1 aromatic carbocycles. The van der Waals surface area contributed by atoms with E-state index in [1.54, 1.807) is 14.7 Å². The van der Waals surface area contributed by atoms with Crippen LogP contribution in [0.15, 0.2) is 24.3 Å². The van der Waals surface area contributed by atoms with Gasteiger partial charge in [0, 0.05) is 64.2 Å². The number of alkyl halides is 1. The Hall–Kier alpha value is -2.53. The number of halogens is 1. The van der Waals surface area contributed by atoms with Gasteiger partial charge in [0.1, 0.15) is 16.8 Å². The van der Waals surface area contributed by atoms with E-state index in [9.17, 15) is 14.4 Å². The monoisotopic (exact) mass is 682 g/mol. The van der Waals surface area contributed by atoms with Crippen LogP contribution in [-0.4, -0.2) is 107 Å². The summed E-state index contributed by atoms with van der Waals surface area (Å²) in [7, 11) is 0. The molecule has 0 aliphatic carbocycles. The van der Waals surface area contributed by atoms with Crippen molar-refractivity contribution in [2.75, 3.05) is 52.4 Å². The van der Waals surface area contributed by atoms with Crippen LogP contribution in [-0.2, 0) is 26.1 Å². The number of carbonyl (C=O) groups is 3. The molecule has 1 fully saturated rings. The number of hydrogen-bond donors (Lipinski definition) is 0. The van der Waals surface area contributed by atoms with Gasteiger partial charge in [0.15, 0.2) is 0 Å². The van der Waals surface area contributed by atoms with Gasteiger partial charge in [-0.05, 0) is 86.3 Å². The van der Waals surface area contributed by atoms with E-state index in [-0.39, 0.29) is 12.6 Å². The van der Waals surface area contributed by atoms with Crippen LogP contribution in [0.4, 0.5) is 14.4 Å². The first-order valence-corrected chi connectivity index (χ1v) is 16.8. The van der Waals surface area contributed by atoms with Crippen LogP contribution in [0.1, 0.15) is 86.3 Å². The molecular weight excluding hydrogens is 628 g/mol. The smallest absolute Gasteiger partial charge is 0.410 e. The lowest BCUT2D eigenvalue weighted by molar-refractivity contribution is 0.0101. The fourth-order valence-corrected chi connectivity index (χ4v) is 4.99. The second-order valence-electron chi connectivity index (χ2n) is 14.3. The Morgan fingerprint density at radius 3 is 1.41 bits per heavy atom. The van der Waals surface area contributed by atoms with Crippen molar-refractivity contribution in [1.29, 1.82) is 0 Å². The van der Waals surface area contributed by atoms with Crippen LogP contribution in [0.25, 0.3) is 0 Å². The van der Waals surface area contributed by atoms with Crippen molar-refractivity contribution in [3.8, 4) is 0 Å². The zero-order valence-electron chi connectivity index (χ0n) is 28.4. The Morgan fingerprint density at radius 2 is 1.00 bits per heavy atom. The van der Waals surface area contributed by atoms with Crippen molar-refractivity contribution in [2.24, 2.45) is 0 Å². The van der Waals surface area contributed by atoms with Gasteiger partial charge in [-0.3, -0.25) is 4.90 Å². The van der Waals surface area contributed by atoms with E-state index in [2.05, 4.69) is 45.1 Å². The highest BCUT2D eigenvalue weighted by Crippen LogP contribution is 2.17. The van der Waals surface area contributed by atoms with Crippen molar-refractivity contribution in [3.05, 3.63) is 35.4 Å². The second-order valence-corrected chi connectivity index (χ2v) is 14.9. The molecule has 0 spiro atoms. The highest BCUT2D eigenvalue weighted by Gasteiger charge is 2.28. The Morgan fingerprint density at radius 1 is 0.614 bits per heavy atom. The van der Waals surface area contributed by atoms with Gasteiger partial charge in [0.25, 0.3) is 0 Å². The summed E-state index contributed by atoms with van der Waals surface area (Å²) in [6, 6.07) is 8.44. The summed E-state index contributed by atoms with van der Waals surface area (Å²) in [4.78, 5) is 47.0. The minimum atomic E-state index is -0.666. The number of benzene rings is 1. The maximum Gasteiger partial charge on any atom is 0.410 e. The van der Waals surface area contributed by atoms with Crippen molar-refractivity contribution < 1.29 is 28.6 Å². The molecule has 2 rings (SSSR count). The third-order valence-corrected chi connectivity index (χ3v) is 7.24. The van der Waals surface area contributed by atoms with E-state index >= 15 is 0 Å². The Kier molecular flexibility index (Phi) is 14.3. The summed E-state index contributed by atoms with van der Waals surface area (Å²) in [5.41, 5.74) is 0.453. The molecule has 1 saturated heterocycles. The van der Waals surface area contributed by atoms with Gasteiger partial charge in [0.05, 0.1) is 0 Å². The molecule has 1 heterocycles. The zero-order chi connectivity index (χ0) is 33.1. The van der Waals surface area contributed by atoms with Crippen LogP contribution >= 0.6 is 15.9 Å². The SMILES string of the molecule is CC(C)(C)OC(=O)N1CCCN(C(=O)OC(C)(C)C)CCN(C(=O)OC(C)(C)C)CCCN(Cc2cccc(CBr)c2)CC1. The average Bonchev–Trinajstić information content (AvgIpc) is 2.87. The molecule has 0 aromatic heterocycles. The minimum Gasteiger partial charge on any atom is -0.444 e. The molecule has 0 atom stereocenters. The summed E-state index contributed by atoms with van der Waals surface area (Å²) in [5.74, 6) is 0. The first-order chi connectivity index (χ1) is 20.3. The van der Waals surface area contributed by atoms with E-state index in [4.69, 9.17) is 14.2 Å². The lowest BCUT2D eigenvalue weighted by Gasteiger charge is -2.34. The van der Waals surface area contributed by atoms with E-state index in [1.165, 1.54) is 11.1 Å². The van der Waals surface area contributed by atoms with E-state index < -0.39 is 29.0 Å². The molecule has 250 valence electrons. The summed E-state index contributed by atoms with van der Waals surface area (Å²) >= 11 is 3.55. The maximum atomic E-state index is 13.3. The fourth-order valence-electron chi connectivity index (χ4n) is 4.64. The first kappa shape index (κ1) is 37.7. The quantitative estimate of drug-likeness (QED) is 0.253. The number of carbonyl (C=O) groups excluding carboxylic acids is 3. The topological polar surface area (TPSA) is 91.9 Å². The predicted octanol–water partition coefficient (Wildman–Crippen LogP) is 6.89. The first-order valence-electron chi connectivity index (χ1n) is 15.6. The molecule has 0 saturated carbocycles. The van der Waals surface area contributed by atoms with Crippen molar-refractivity contribution in [3.63, 3.8) is 0 Å². The molecule has 0 N–H and O–H groups in total. The van der Waals surface area contributed by atoms with Crippen LogP contribution in [0.5, 0.6) is 0 Å². The van der Waals surface area contributed by atoms with Crippen molar-refractivity contribution >= 4 is 34.2 Å². The molecule has 1 aliphatic rings. The molecule has 10 nitrogen and oxygen atoms in total. The number of ether oxygens (including phenoxy) is 3. The summed E-state index contributed by atoms with van der Waals surface area (Å²) in [6.45, 7) is 20.9. The van der Waals surface area contributed by atoms with Gasteiger partial charge in [-0.15, -0.1) is 0 Å². The van der Waals surface area contributed by atoms with E-state index in [0.717, 1.165) is 5.33 Å². The number of nitrogens with zero attached hydrogens (tertiary/aromatic N) is 4. The number of hydrogen-bond acceptors (Lipinski definition) is 7. The minimum absolute atomic E-state index is 0.281. The van der Waals surface area contributed by atoms with Gasteiger partial charge in [-0.1, -0.05) is 40.2 Å². The van der Waals surface area contributed by atoms with Crippen LogP contribution in [0.2, 0.25) is 0 Å². The lowest BCUT2D eigenvalue weighted by Crippen LogP contribution is -2.47. The van der Waals surface area contributed by atoms with Gasteiger partial charge in [0.2, 0.25) is 0 Å². The van der Waals surface area contributed by atoms with Gasteiger partial charge in [-0.2, -0.15) is 0 Å². The summed E-state index contributed by atoms with van der Waals surface area (Å²) in [6.07, 6.45) is -0.00401. The van der Waals surface area contributed by atoms with Crippen molar-refractivity contribution in [2.45, 2.75) is 104 Å². The maximum absolute atomic E-state index is 13.3. The molecule has 0 bridgehead atoms. The Balaban J connectivity index is 2.34. The molecular formula is C33H55BrN4O6. The standard InChI is InChI=1S/C33H55BrN4O6/c1-31(2,3)42-28(39)36-17-12-18-38(30(41)44-33(7,8)9)22-21-37(29(40)43-32(4,5)6)16-11-15-35(19-20-36)25-27-14-10-13-26(23-27)24-34/h10,13-14,23H,11-12,15-22,24-25H2,1-9H3. The molecule has 0 radical (unpaired) electrons. The number of rotatable bonds is 3. The normalized spacial score (nSPS) is 17.1. The molecule has 1 aliphatic heterocycles. The van der Waals surface area contributed by atoms with Gasteiger partial charge in [-0.25, -0.2) is 14.4 Å². The Bertz CT molecular complexity index is 1080. The highest BCUT2D eigenvalue weighted by atomic mass is 79.9. The third kappa shape index (κ3) is 15.0. The summed E-state index contributed by atoms with van der Waals surface area (Å²) in [5, 5.41) is 0.776. The van der Waals surface area contributed by atoms with Crippen LogP contribution in [0, 0.1) is 0 Å². The fraction of sp³-hybridized carbons (Fsp3) is 0.727. The lowest BCUT2D eigenvalue weighted by atomic mass is 10.1. The largest absolute Gasteiger partial charge is 0.444 e. The third-order valence-electron chi connectivity index (χ3n) is 6.59. The Labute approximate surface area is 273 Å².